The molecule has 1 aromatic heterocycles. The molecule has 9 heteroatoms. The van der Waals surface area contributed by atoms with E-state index in [9.17, 15) is 14.4 Å². The number of benzene rings is 3. The van der Waals surface area contributed by atoms with E-state index in [2.05, 4.69) is 4.99 Å². The number of carbonyl (C=O) groups excluding carboxylic acids is 2. The zero-order valence-electron chi connectivity index (χ0n) is 21.9. The second-order valence-electron chi connectivity index (χ2n) is 8.87. The number of methoxy groups -OCH3 is 1. The molecule has 0 radical (unpaired) electrons. The van der Waals surface area contributed by atoms with Crippen molar-refractivity contribution >= 4 is 40.1 Å². The molecule has 1 aliphatic heterocycles. The molecular formula is C30H26N2O6S. The van der Waals surface area contributed by atoms with Crippen LogP contribution in [0.3, 0.4) is 0 Å². The van der Waals surface area contributed by atoms with E-state index in [-0.39, 0.29) is 17.7 Å². The average molecular weight is 543 g/mol. The van der Waals surface area contributed by atoms with Gasteiger partial charge >= 0.3 is 11.9 Å². The monoisotopic (exact) mass is 542 g/mol. The van der Waals surface area contributed by atoms with Crippen molar-refractivity contribution in [2.45, 2.75) is 26.8 Å². The van der Waals surface area contributed by atoms with Crippen LogP contribution >= 0.6 is 11.3 Å². The summed E-state index contributed by atoms with van der Waals surface area (Å²) in [7, 11) is 1.56. The van der Waals surface area contributed by atoms with Gasteiger partial charge in [0.15, 0.2) is 4.80 Å². The second kappa shape index (κ2) is 10.7. The van der Waals surface area contributed by atoms with E-state index in [1.807, 2.05) is 42.5 Å². The molecular weight excluding hydrogens is 516 g/mol. The molecule has 0 unspecified atom stereocenters. The molecule has 1 atom stereocenters. The number of nitrogens with zero attached hydrogens (tertiary/aromatic N) is 2. The Morgan fingerprint density at radius 1 is 1.10 bits per heavy atom. The molecule has 0 fully saturated rings. The summed E-state index contributed by atoms with van der Waals surface area (Å²) in [6.45, 7) is 4.99. The number of fused-ring (bicyclic) bond motifs is 2. The molecule has 0 N–H and O–H groups in total. The summed E-state index contributed by atoms with van der Waals surface area (Å²) in [5, 5.41) is 1.79. The number of ether oxygens (including phenoxy) is 3. The number of aromatic nitrogens is 1. The summed E-state index contributed by atoms with van der Waals surface area (Å²) in [6.07, 6.45) is 1.72. The van der Waals surface area contributed by atoms with Gasteiger partial charge in [0.25, 0.3) is 5.56 Å². The van der Waals surface area contributed by atoms with Gasteiger partial charge in [-0.2, -0.15) is 0 Å². The summed E-state index contributed by atoms with van der Waals surface area (Å²) in [5.74, 6) is -0.0543. The highest BCUT2D eigenvalue weighted by atomic mass is 32.1. The lowest BCUT2D eigenvalue weighted by molar-refractivity contribution is -0.139. The molecule has 3 aromatic carbocycles. The molecule has 5 rings (SSSR count). The summed E-state index contributed by atoms with van der Waals surface area (Å²) >= 11 is 1.22. The molecule has 0 amide bonds. The first kappa shape index (κ1) is 26.1. The molecule has 1 aliphatic rings. The SMILES string of the molecule is CCOC(=O)C1=C(C)N=c2s/c(=C\c3cccc(OC(C)=O)c3)c(=O)n2[C@H]1c1c(OC)ccc2ccccc12. The van der Waals surface area contributed by atoms with Crippen LogP contribution in [-0.2, 0) is 14.3 Å². The lowest BCUT2D eigenvalue weighted by Gasteiger charge is -2.27. The summed E-state index contributed by atoms with van der Waals surface area (Å²) in [4.78, 5) is 43.8. The lowest BCUT2D eigenvalue weighted by Crippen LogP contribution is -2.40. The maximum absolute atomic E-state index is 14.0. The first-order chi connectivity index (χ1) is 18.8. The highest BCUT2D eigenvalue weighted by Crippen LogP contribution is 2.40. The summed E-state index contributed by atoms with van der Waals surface area (Å²) in [6, 6.07) is 17.6. The van der Waals surface area contributed by atoms with E-state index in [1.165, 1.54) is 22.8 Å². The van der Waals surface area contributed by atoms with Crippen molar-refractivity contribution in [1.82, 2.24) is 4.57 Å². The van der Waals surface area contributed by atoms with Gasteiger partial charge in [-0.05, 0) is 54.5 Å². The van der Waals surface area contributed by atoms with Crippen LogP contribution in [0.1, 0.15) is 37.9 Å². The average Bonchev–Trinajstić information content (AvgIpc) is 3.21. The van der Waals surface area contributed by atoms with E-state index >= 15 is 0 Å². The van der Waals surface area contributed by atoms with Crippen LogP contribution < -0.4 is 24.4 Å². The summed E-state index contributed by atoms with van der Waals surface area (Å²) < 4.78 is 18.3. The predicted octanol–water partition coefficient (Wildman–Crippen LogP) is 3.89. The molecule has 4 aromatic rings. The third-order valence-electron chi connectivity index (χ3n) is 6.36. The number of hydrogen-bond donors (Lipinski definition) is 0. The Labute approximate surface area is 228 Å². The first-order valence-corrected chi connectivity index (χ1v) is 13.2. The fraction of sp³-hybridized carbons (Fsp3) is 0.200. The Morgan fingerprint density at radius 3 is 2.64 bits per heavy atom. The van der Waals surface area contributed by atoms with Gasteiger partial charge in [-0.3, -0.25) is 14.2 Å². The number of esters is 2. The lowest BCUT2D eigenvalue weighted by atomic mass is 9.90. The molecule has 0 bridgehead atoms. The minimum absolute atomic E-state index is 0.179. The van der Waals surface area contributed by atoms with E-state index < -0.39 is 18.0 Å². The van der Waals surface area contributed by atoms with E-state index in [1.54, 1.807) is 45.2 Å². The standard InChI is InChI=1S/C30H26N2O6S/c1-5-37-29(35)25-17(2)31-30-32(27(25)26-22-12-7-6-10-20(22)13-14-23(26)36-4)28(34)24(39-30)16-19-9-8-11-21(15-19)38-18(3)33/h6-16,27H,5H2,1-4H3/b24-16-/t27-/m1/s1. The Balaban J connectivity index is 1.79. The molecule has 8 nitrogen and oxygen atoms in total. The fourth-order valence-corrected chi connectivity index (χ4v) is 5.83. The predicted molar refractivity (Wildman–Crippen MR) is 149 cm³/mol. The van der Waals surface area contributed by atoms with Gasteiger partial charge < -0.3 is 14.2 Å². The smallest absolute Gasteiger partial charge is 0.338 e. The van der Waals surface area contributed by atoms with Crippen molar-refractivity contribution in [3.63, 3.8) is 0 Å². The van der Waals surface area contributed by atoms with Crippen molar-refractivity contribution in [2.75, 3.05) is 13.7 Å². The normalized spacial score (nSPS) is 15.1. The maximum Gasteiger partial charge on any atom is 0.338 e. The number of thiazole rings is 1. The van der Waals surface area contributed by atoms with Crippen LogP contribution in [0.2, 0.25) is 0 Å². The van der Waals surface area contributed by atoms with Gasteiger partial charge in [0.2, 0.25) is 0 Å². The van der Waals surface area contributed by atoms with Crippen LogP contribution in [0.25, 0.3) is 16.8 Å². The maximum atomic E-state index is 14.0. The van der Waals surface area contributed by atoms with Gasteiger partial charge in [-0.25, -0.2) is 9.79 Å². The molecule has 2 heterocycles. The van der Waals surface area contributed by atoms with Gasteiger partial charge in [0.05, 0.1) is 29.5 Å². The van der Waals surface area contributed by atoms with E-state index in [0.717, 1.165) is 10.8 Å². The van der Waals surface area contributed by atoms with Crippen LogP contribution in [0.4, 0.5) is 0 Å². The zero-order valence-corrected chi connectivity index (χ0v) is 22.7. The number of carbonyl (C=O) groups is 2. The largest absolute Gasteiger partial charge is 0.496 e. The molecule has 39 heavy (non-hydrogen) atoms. The molecule has 198 valence electrons. The second-order valence-corrected chi connectivity index (χ2v) is 9.88. The number of hydrogen-bond acceptors (Lipinski definition) is 8. The summed E-state index contributed by atoms with van der Waals surface area (Å²) in [5.41, 5.74) is 1.79. The number of allylic oxidation sites excluding steroid dienone is 1. The highest BCUT2D eigenvalue weighted by Gasteiger charge is 2.36. The Morgan fingerprint density at radius 2 is 1.90 bits per heavy atom. The Hall–Kier alpha value is -4.50. The van der Waals surface area contributed by atoms with Crippen molar-refractivity contribution < 1.29 is 23.8 Å². The molecule has 0 saturated heterocycles. The minimum atomic E-state index is -0.823. The Bertz CT molecular complexity index is 1830. The van der Waals surface area contributed by atoms with Gasteiger partial charge in [-0.15, -0.1) is 0 Å². The fourth-order valence-electron chi connectivity index (χ4n) is 4.79. The van der Waals surface area contributed by atoms with E-state index in [4.69, 9.17) is 14.2 Å². The third kappa shape index (κ3) is 4.88. The van der Waals surface area contributed by atoms with Crippen LogP contribution in [0, 0.1) is 0 Å². The van der Waals surface area contributed by atoms with Crippen molar-refractivity contribution in [1.29, 1.82) is 0 Å². The highest BCUT2D eigenvalue weighted by molar-refractivity contribution is 7.07. The molecule has 0 saturated carbocycles. The quantitative estimate of drug-likeness (QED) is 0.271. The van der Waals surface area contributed by atoms with Crippen LogP contribution in [0.5, 0.6) is 11.5 Å². The molecule has 0 aliphatic carbocycles. The van der Waals surface area contributed by atoms with Crippen LogP contribution in [-0.4, -0.2) is 30.2 Å². The van der Waals surface area contributed by atoms with Gasteiger partial charge in [-0.1, -0.05) is 53.8 Å². The van der Waals surface area contributed by atoms with E-state index in [0.29, 0.717) is 37.7 Å². The van der Waals surface area contributed by atoms with Gasteiger partial charge in [0, 0.05) is 12.5 Å². The van der Waals surface area contributed by atoms with Crippen molar-refractivity contribution in [3.8, 4) is 11.5 Å². The first-order valence-electron chi connectivity index (χ1n) is 12.4. The van der Waals surface area contributed by atoms with Crippen molar-refractivity contribution in [2.24, 2.45) is 4.99 Å². The van der Waals surface area contributed by atoms with Gasteiger partial charge in [0.1, 0.15) is 17.5 Å². The zero-order chi connectivity index (χ0) is 27.7. The van der Waals surface area contributed by atoms with Crippen LogP contribution in [0.15, 0.2) is 81.7 Å². The molecule has 0 spiro atoms. The number of rotatable bonds is 6. The topological polar surface area (TPSA) is 96.2 Å². The van der Waals surface area contributed by atoms with Crippen molar-refractivity contribution in [3.05, 3.63) is 103 Å². The third-order valence-corrected chi connectivity index (χ3v) is 7.34. The Kier molecular flexibility index (Phi) is 7.17. The minimum Gasteiger partial charge on any atom is -0.496 e.